The third-order valence-corrected chi connectivity index (χ3v) is 5.07. The van der Waals surface area contributed by atoms with Crippen LogP contribution in [0.4, 0.5) is 13.2 Å². The van der Waals surface area contributed by atoms with E-state index < -0.39 is 29.0 Å². The van der Waals surface area contributed by atoms with Crippen LogP contribution in [0.25, 0.3) is 0 Å². The Labute approximate surface area is 80.2 Å². The van der Waals surface area contributed by atoms with Gasteiger partial charge in [0.2, 0.25) is 9.84 Å². The molecule has 0 aromatic heterocycles. The second-order valence-electron chi connectivity index (χ2n) is 2.43. The van der Waals surface area contributed by atoms with Crippen molar-refractivity contribution in [2.75, 3.05) is 12.9 Å². The maximum absolute atomic E-state index is 12.1. The summed E-state index contributed by atoms with van der Waals surface area (Å²) in [7, 11) is -7.76. The normalized spacial score (nSPS) is 16.5. The van der Waals surface area contributed by atoms with Crippen molar-refractivity contribution in [3.8, 4) is 0 Å². The van der Waals surface area contributed by atoms with E-state index in [0.717, 1.165) is 0 Å². The maximum Gasteiger partial charge on any atom is 0.537 e. The average molecular weight is 253 g/mol. The van der Waals surface area contributed by atoms with Gasteiger partial charge in [0.25, 0.3) is 0 Å². The molecule has 0 aromatic carbocycles. The van der Waals surface area contributed by atoms with E-state index in [9.17, 15) is 26.2 Å². The highest BCUT2D eigenvalue weighted by molar-refractivity contribution is 7.96. The van der Waals surface area contributed by atoms with Crippen LogP contribution in [0.15, 0.2) is 0 Å². The van der Waals surface area contributed by atoms with Crippen molar-refractivity contribution in [1.82, 2.24) is 0 Å². The molecule has 2 atom stereocenters. The van der Waals surface area contributed by atoms with Gasteiger partial charge in [0.15, 0.2) is 0 Å². The summed E-state index contributed by atoms with van der Waals surface area (Å²) in [5.74, 6) is 0. The van der Waals surface area contributed by atoms with Gasteiger partial charge in [-0.1, -0.05) is 0 Å². The first-order valence-corrected chi connectivity index (χ1v) is 6.65. The molecular weight excluding hydrogens is 244 g/mol. The summed E-state index contributed by atoms with van der Waals surface area (Å²) in [5.41, 5.74) is 0. The van der Waals surface area contributed by atoms with Crippen molar-refractivity contribution in [1.29, 1.82) is 0 Å². The Kier molecular flexibility index (Phi) is 4.48. The lowest BCUT2D eigenvalue weighted by molar-refractivity contribution is -0.116. The van der Waals surface area contributed by atoms with E-state index in [-0.39, 0.29) is 6.61 Å². The Balaban J connectivity index is 5.05. The lowest BCUT2D eigenvalue weighted by Gasteiger charge is -2.07. The third-order valence-electron chi connectivity index (χ3n) is 1.13. The maximum atomic E-state index is 12.1. The molecule has 0 radical (unpaired) electrons. The first-order chi connectivity index (χ1) is 6.10. The van der Waals surface area contributed by atoms with Crippen LogP contribution in [-0.4, -0.2) is 32.4 Å². The van der Waals surface area contributed by atoms with Crippen molar-refractivity contribution in [2.45, 2.75) is 18.1 Å². The Hall–Kier alpha value is -0.200. The molecule has 0 saturated carbocycles. The SMILES string of the molecule is CCO[P+](=O)C(C(F)(F)F)S(C)(=O)=O. The van der Waals surface area contributed by atoms with Gasteiger partial charge < -0.3 is 0 Å². The van der Waals surface area contributed by atoms with Gasteiger partial charge in [-0.25, -0.2) is 8.42 Å². The van der Waals surface area contributed by atoms with Crippen molar-refractivity contribution < 1.29 is 30.7 Å². The van der Waals surface area contributed by atoms with Crippen molar-refractivity contribution in [3.63, 3.8) is 0 Å². The van der Waals surface area contributed by atoms with Crippen LogP contribution in [0.5, 0.6) is 0 Å². The number of alkyl halides is 3. The zero-order valence-electron chi connectivity index (χ0n) is 7.41. The molecule has 9 heteroatoms. The molecule has 4 nitrogen and oxygen atoms in total. The molecule has 0 rings (SSSR count). The minimum atomic E-state index is -5.07. The fraction of sp³-hybridized carbons (Fsp3) is 1.00. The van der Waals surface area contributed by atoms with Crippen molar-refractivity contribution >= 4 is 17.9 Å². The minimum Gasteiger partial charge on any atom is -0.224 e. The Bertz CT molecular complexity index is 309. The quantitative estimate of drug-likeness (QED) is 0.715. The van der Waals surface area contributed by atoms with E-state index in [1.165, 1.54) is 6.92 Å². The van der Waals surface area contributed by atoms with Crippen LogP contribution in [-0.2, 0) is 18.9 Å². The third kappa shape index (κ3) is 3.89. The molecule has 0 N–H and O–H groups in total. The summed E-state index contributed by atoms with van der Waals surface area (Å²) in [5, 5.41) is 0. The highest BCUT2D eigenvalue weighted by atomic mass is 32.2. The largest absolute Gasteiger partial charge is 0.537 e. The molecular formula is C5H9F3O4PS+. The van der Waals surface area contributed by atoms with Gasteiger partial charge >= 0.3 is 19.2 Å². The lowest BCUT2D eigenvalue weighted by atomic mass is 10.8. The van der Waals surface area contributed by atoms with E-state index in [4.69, 9.17) is 0 Å². The van der Waals surface area contributed by atoms with Crippen LogP contribution in [0, 0.1) is 0 Å². The summed E-state index contributed by atoms with van der Waals surface area (Å²) in [6.45, 7) is 1.08. The molecule has 0 aliphatic carbocycles. The van der Waals surface area contributed by atoms with E-state index in [2.05, 4.69) is 4.52 Å². The van der Waals surface area contributed by atoms with Crippen LogP contribution in [0.1, 0.15) is 6.92 Å². The molecule has 0 amide bonds. The molecule has 2 unspecified atom stereocenters. The smallest absolute Gasteiger partial charge is 0.224 e. The van der Waals surface area contributed by atoms with Crippen molar-refractivity contribution in [2.24, 2.45) is 0 Å². The fourth-order valence-electron chi connectivity index (χ4n) is 0.714. The molecule has 0 fully saturated rings. The molecule has 84 valence electrons. The Morgan fingerprint density at radius 2 is 1.86 bits per heavy atom. The Morgan fingerprint density at radius 3 is 2.07 bits per heavy atom. The van der Waals surface area contributed by atoms with Gasteiger partial charge in [-0.05, 0) is 11.5 Å². The first kappa shape index (κ1) is 13.8. The van der Waals surface area contributed by atoms with Crippen LogP contribution < -0.4 is 0 Å². The summed E-state index contributed by atoms with van der Waals surface area (Å²) in [6.07, 6.45) is -4.70. The summed E-state index contributed by atoms with van der Waals surface area (Å²) < 4.78 is 72.9. The van der Waals surface area contributed by atoms with Crippen molar-refractivity contribution in [3.05, 3.63) is 0 Å². The van der Waals surface area contributed by atoms with Gasteiger partial charge in [0.1, 0.15) is 0 Å². The molecule has 0 saturated heterocycles. The minimum absolute atomic E-state index is 0.239. The topological polar surface area (TPSA) is 60.4 Å². The predicted octanol–water partition coefficient (Wildman–Crippen LogP) is 1.70. The van der Waals surface area contributed by atoms with Gasteiger partial charge in [-0.15, -0.1) is 4.52 Å². The van der Waals surface area contributed by atoms with E-state index >= 15 is 0 Å². The second-order valence-corrected chi connectivity index (χ2v) is 6.25. The number of hydrogen-bond acceptors (Lipinski definition) is 4. The zero-order chi connectivity index (χ0) is 11.6. The summed E-state index contributed by atoms with van der Waals surface area (Å²) >= 11 is 0. The molecule has 0 aliphatic heterocycles. The lowest BCUT2D eigenvalue weighted by Crippen LogP contribution is -2.33. The van der Waals surface area contributed by atoms with Gasteiger partial charge in [-0.2, -0.15) is 13.2 Å². The van der Waals surface area contributed by atoms with Crippen LogP contribution in [0.2, 0.25) is 0 Å². The fourth-order valence-corrected chi connectivity index (χ4v) is 3.26. The predicted molar refractivity (Wildman–Crippen MR) is 43.9 cm³/mol. The average Bonchev–Trinajstić information content (AvgIpc) is 1.78. The summed E-state index contributed by atoms with van der Waals surface area (Å²) in [4.78, 5) is -2.94. The number of rotatable bonds is 4. The Morgan fingerprint density at radius 1 is 1.43 bits per heavy atom. The summed E-state index contributed by atoms with van der Waals surface area (Å²) in [6, 6.07) is 0. The molecule has 0 bridgehead atoms. The number of hydrogen-bond donors (Lipinski definition) is 0. The highest BCUT2D eigenvalue weighted by Gasteiger charge is 2.61. The molecule has 14 heavy (non-hydrogen) atoms. The number of halogens is 3. The zero-order valence-corrected chi connectivity index (χ0v) is 9.12. The van der Waals surface area contributed by atoms with Gasteiger partial charge in [0.05, 0.1) is 6.61 Å². The monoisotopic (exact) mass is 253 g/mol. The van der Waals surface area contributed by atoms with Crippen LogP contribution >= 0.6 is 8.03 Å². The van der Waals surface area contributed by atoms with E-state index in [1.807, 2.05) is 0 Å². The second kappa shape index (κ2) is 4.55. The standard InChI is InChI=1S/C5H9F3O4PS/c1-3-12-13(9)4(5(6,7)8)14(2,10)11/h4H,3H2,1-2H3/q+1. The van der Waals surface area contributed by atoms with Gasteiger partial charge in [-0.3, -0.25) is 0 Å². The number of sulfone groups is 1. The van der Waals surface area contributed by atoms with E-state index in [0.29, 0.717) is 6.26 Å². The van der Waals surface area contributed by atoms with Gasteiger partial charge in [0, 0.05) is 6.26 Å². The van der Waals surface area contributed by atoms with E-state index in [1.54, 1.807) is 0 Å². The molecule has 0 heterocycles. The first-order valence-electron chi connectivity index (χ1n) is 3.45. The van der Waals surface area contributed by atoms with Crippen LogP contribution in [0.3, 0.4) is 0 Å². The molecule has 0 aliphatic rings. The molecule has 0 spiro atoms. The molecule has 0 aromatic rings. The highest BCUT2D eigenvalue weighted by Crippen LogP contribution is 2.43.